The van der Waals surface area contributed by atoms with Crippen molar-refractivity contribution in [2.24, 2.45) is 0 Å². The molecule has 26 heavy (non-hydrogen) atoms. The number of aromatic nitrogens is 2. The van der Waals surface area contributed by atoms with Crippen LogP contribution in [0.25, 0.3) is 10.4 Å². The number of hydrogen-bond acceptors (Lipinski definition) is 4. The highest BCUT2D eigenvalue weighted by Crippen LogP contribution is 2.34. The normalized spacial score (nSPS) is 19.2. The van der Waals surface area contributed by atoms with Crippen molar-refractivity contribution in [3.8, 4) is 10.4 Å². The molecule has 1 N–H and O–H groups in total. The van der Waals surface area contributed by atoms with E-state index < -0.39 is 5.54 Å². The maximum Gasteiger partial charge on any atom is 0.252 e. The average molecular weight is 365 g/mol. The fourth-order valence-electron chi connectivity index (χ4n) is 3.28. The van der Waals surface area contributed by atoms with Gasteiger partial charge < -0.3 is 4.57 Å². The third-order valence-corrected chi connectivity index (χ3v) is 5.92. The zero-order valence-corrected chi connectivity index (χ0v) is 15.5. The van der Waals surface area contributed by atoms with Crippen molar-refractivity contribution in [1.82, 2.24) is 9.55 Å². The van der Waals surface area contributed by atoms with Crippen LogP contribution in [0.5, 0.6) is 0 Å². The second kappa shape index (κ2) is 6.21. The molecule has 1 atom stereocenters. The first-order chi connectivity index (χ1) is 12.5. The molecule has 0 fully saturated rings. The second-order valence-electron chi connectivity index (χ2n) is 6.81. The van der Waals surface area contributed by atoms with Gasteiger partial charge in [0.05, 0.1) is 10.6 Å². The summed E-state index contributed by atoms with van der Waals surface area (Å²) >= 11 is 1.45. The van der Waals surface area contributed by atoms with Gasteiger partial charge >= 0.3 is 0 Å². The molecule has 3 heterocycles. The number of amides is 1. The van der Waals surface area contributed by atoms with Crippen LogP contribution >= 0.6 is 11.3 Å². The summed E-state index contributed by atoms with van der Waals surface area (Å²) in [5.74, 6) is -0.0663. The smallest absolute Gasteiger partial charge is 0.252 e. The summed E-state index contributed by atoms with van der Waals surface area (Å²) < 4.78 is 1.78. The Balaban J connectivity index is 1.57. The lowest BCUT2D eigenvalue weighted by atomic mass is 9.88. The van der Waals surface area contributed by atoms with Crippen molar-refractivity contribution in [2.45, 2.75) is 32.2 Å². The Hall–Kier alpha value is -2.73. The maximum atomic E-state index is 13.0. The van der Waals surface area contributed by atoms with Gasteiger partial charge in [-0.1, -0.05) is 41.2 Å². The van der Waals surface area contributed by atoms with E-state index >= 15 is 0 Å². The molecular weight excluding hydrogens is 346 g/mol. The van der Waals surface area contributed by atoms with E-state index in [1.807, 2.05) is 19.9 Å². The molecule has 0 saturated heterocycles. The standard InChI is InChI=1S/C20H19N3O2S/c1-13-5-7-14(8-6-13)17-12-21-19(26-17)22-18(25)20(2)10-9-16(24)15-4-3-11-23(15)20/h3-8,11-12H,9-10H2,1-2H3,(H,21,22,25). The number of hydrogen-bond donors (Lipinski definition) is 1. The van der Waals surface area contributed by atoms with E-state index in [9.17, 15) is 9.59 Å². The first-order valence-electron chi connectivity index (χ1n) is 8.53. The molecule has 0 aliphatic carbocycles. The molecule has 0 radical (unpaired) electrons. The SMILES string of the molecule is Cc1ccc(-c2cnc(NC(=O)C3(C)CCC(=O)c4cccn43)s2)cc1. The Bertz CT molecular complexity index is 987. The molecule has 0 spiro atoms. The molecule has 1 aliphatic rings. The van der Waals surface area contributed by atoms with E-state index in [1.165, 1.54) is 16.9 Å². The molecular formula is C20H19N3O2S. The summed E-state index contributed by atoms with van der Waals surface area (Å²) in [6.45, 7) is 3.92. The highest BCUT2D eigenvalue weighted by molar-refractivity contribution is 7.19. The predicted molar refractivity (Wildman–Crippen MR) is 103 cm³/mol. The Morgan fingerprint density at radius 2 is 2.04 bits per heavy atom. The molecule has 3 aromatic rings. The zero-order chi connectivity index (χ0) is 18.3. The number of nitrogens with one attached hydrogen (secondary N) is 1. The summed E-state index contributed by atoms with van der Waals surface area (Å²) in [5, 5.41) is 3.50. The number of fused-ring (bicyclic) bond motifs is 1. The largest absolute Gasteiger partial charge is 0.330 e. The lowest BCUT2D eigenvalue weighted by Crippen LogP contribution is -2.46. The van der Waals surface area contributed by atoms with Crippen LogP contribution in [0.2, 0.25) is 0 Å². The minimum absolute atomic E-state index is 0.0798. The van der Waals surface area contributed by atoms with Crippen LogP contribution in [-0.4, -0.2) is 21.2 Å². The number of benzene rings is 1. The first-order valence-corrected chi connectivity index (χ1v) is 9.34. The van der Waals surface area contributed by atoms with Crippen molar-refractivity contribution in [1.29, 1.82) is 0 Å². The Morgan fingerprint density at radius 3 is 2.81 bits per heavy atom. The third kappa shape index (κ3) is 2.76. The maximum absolute atomic E-state index is 13.0. The first kappa shape index (κ1) is 16.7. The topological polar surface area (TPSA) is 64.0 Å². The molecule has 4 rings (SSSR count). The van der Waals surface area contributed by atoms with Crippen molar-refractivity contribution in [2.75, 3.05) is 5.32 Å². The summed E-state index contributed by atoms with van der Waals surface area (Å²) in [6.07, 6.45) is 4.43. The number of aryl methyl sites for hydroxylation is 1. The molecule has 0 bridgehead atoms. The van der Waals surface area contributed by atoms with Crippen molar-refractivity contribution >= 4 is 28.2 Å². The van der Waals surface area contributed by atoms with Gasteiger partial charge in [0.1, 0.15) is 5.54 Å². The van der Waals surface area contributed by atoms with E-state index in [4.69, 9.17) is 0 Å². The average Bonchev–Trinajstić information content (AvgIpc) is 3.29. The second-order valence-corrected chi connectivity index (χ2v) is 7.84. The van der Waals surface area contributed by atoms with E-state index in [2.05, 4.69) is 34.6 Å². The Labute approximate surface area is 155 Å². The van der Waals surface area contributed by atoms with Crippen LogP contribution in [0, 0.1) is 6.92 Å². The van der Waals surface area contributed by atoms with Gasteiger partial charge in [0.15, 0.2) is 10.9 Å². The molecule has 1 aromatic carbocycles. The summed E-state index contributed by atoms with van der Waals surface area (Å²) in [7, 11) is 0. The zero-order valence-electron chi connectivity index (χ0n) is 14.7. The highest BCUT2D eigenvalue weighted by Gasteiger charge is 2.41. The van der Waals surface area contributed by atoms with Gasteiger partial charge in [0.25, 0.3) is 5.91 Å². The van der Waals surface area contributed by atoms with Gasteiger partial charge in [-0.3, -0.25) is 14.9 Å². The van der Waals surface area contributed by atoms with Crippen LogP contribution in [0.1, 0.15) is 35.8 Å². The minimum atomic E-state index is -0.789. The molecule has 5 nitrogen and oxygen atoms in total. The fraction of sp³-hybridized carbons (Fsp3) is 0.250. The van der Waals surface area contributed by atoms with Crippen LogP contribution in [0.3, 0.4) is 0 Å². The molecule has 1 aliphatic heterocycles. The molecule has 2 aromatic heterocycles. The monoisotopic (exact) mass is 365 g/mol. The van der Waals surface area contributed by atoms with Crippen LogP contribution in [0.4, 0.5) is 5.13 Å². The number of ketones is 1. The lowest BCUT2D eigenvalue weighted by Gasteiger charge is -2.34. The molecule has 1 unspecified atom stereocenters. The van der Waals surface area contributed by atoms with Gasteiger partial charge in [0.2, 0.25) is 0 Å². The molecule has 1 amide bonds. The molecule has 6 heteroatoms. The van der Waals surface area contributed by atoms with Crippen LogP contribution in [0.15, 0.2) is 48.8 Å². The highest BCUT2D eigenvalue weighted by atomic mass is 32.1. The molecule has 132 valence electrons. The summed E-state index contributed by atoms with van der Waals surface area (Å²) in [5.41, 5.74) is 2.08. The number of carbonyl (C=O) groups excluding carboxylic acids is 2. The van der Waals surface area contributed by atoms with Gasteiger partial charge in [0, 0.05) is 18.8 Å². The number of rotatable bonds is 3. The number of Topliss-reactive ketones (excluding diaryl/α,β-unsaturated/α-hetero) is 1. The molecule has 0 saturated carbocycles. The van der Waals surface area contributed by atoms with E-state index in [-0.39, 0.29) is 11.7 Å². The summed E-state index contributed by atoms with van der Waals surface area (Å²) in [6, 6.07) is 11.8. The quantitative estimate of drug-likeness (QED) is 0.755. The van der Waals surface area contributed by atoms with Crippen molar-refractivity contribution in [3.63, 3.8) is 0 Å². The predicted octanol–water partition coefficient (Wildman–Crippen LogP) is 4.25. The fourth-order valence-corrected chi connectivity index (χ4v) is 4.10. The minimum Gasteiger partial charge on any atom is -0.330 e. The van der Waals surface area contributed by atoms with E-state index in [0.717, 1.165) is 10.4 Å². The third-order valence-electron chi connectivity index (χ3n) is 4.96. The van der Waals surface area contributed by atoms with Crippen LogP contribution in [-0.2, 0) is 10.3 Å². The Kier molecular flexibility index (Phi) is 4.00. The summed E-state index contributed by atoms with van der Waals surface area (Å²) in [4.78, 5) is 30.4. The van der Waals surface area contributed by atoms with Gasteiger partial charge in [-0.2, -0.15) is 0 Å². The van der Waals surface area contributed by atoms with Gasteiger partial charge in [-0.25, -0.2) is 4.98 Å². The number of nitrogens with zero attached hydrogens (tertiary/aromatic N) is 2. The Morgan fingerprint density at radius 1 is 1.27 bits per heavy atom. The number of thiazole rings is 1. The number of carbonyl (C=O) groups is 2. The van der Waals surface area contributed by atoms with E-state index in [0.29, 0.717) is 23.7 Å². The van der Waals surface area contributed by atoms with Crippen LogP contribution < -0.4 is 5.32 Å². The number of anilines is 1. The van der Waals surface area contributed by atoms with Crippen molar-refractivity contribution in [3.05, 3.63) is 60.0 Å². The van der Waals surface area contributed by atoms with Gasteiger partial charge in [-0.05, 0) is 38.0 Å². The van der Waals surface area contributed by atoms with E-state index in [1.54, 1.807) is 23.0 Å². The van der Waals surface area contributed by atoms with Crippen molar-refractivity contribution < 1.29 is 9.59 Å². The van der Waals surface area contributed by atoms with Gasteiger partial charge in [-0.15, -0.1) is 0 Å². The lowest BCUT2D eigenvalue weighted by molar-refractivity contribution is -0.124.